The molecule has 5 nitrogen and oxygen atoms in total. The molecule has 2 aromatic rings. The molecule has 29 heavy (non-hydrogen) atoms. The van der Waals surface area contributed by atoms with Crippen LogP contribution in [0.2, 0.25) is 0 Å². The Hall–Kier alpha value is -2.44. The summed E-state index contributed by atoms with van der Waals surface area (Å²) in [5, 5.41) is 12.4. The molecule has 0 fully saturated rings. The van der Waals surface area contributed by atoms with E-state index >= 15 is 0 Å². The number of thiocarbonyl (C=S) groups is 1. The van der Waals surface area contributed by atoms with E-state index in [0.717, 1.165) is 11.1 Å². The number of benzene rings is 2. The first-order valence-electron chi connectivity index (χ1n) is 9.61. The Morgan fingerprint density at radius 1 is 1.00 bits per heavy atom. The van der Waals surface area contributed by atoms with Crippen LogP contribution in [-0.2, 0) is 22.3 Å². The highest BCUT2D eigenvalue weighted by atomic mass is 32.1. The average Bonchev–Trinajstić information content (AvgIpc) is 2.66. The molecule has 0 bridgehead atoms. The molecule has 1 amide bonds. The Labute approximate surface area is 178 Å². The average molecular weight is 416 g/mol. The van der Waals surface area contributed by atoms with Crippen molar-refractivity contribution >= 4 is 23.4 Å². The van der Waals surface area contributed by atoms with E-state index in [1.165, 1.54) is 0 Å². The zero-order valence-corrected chi connectivity index (χ0v) is 18.0. The fourth-order valence-corrected chi connectivity index (χ4v) is 3.34. The summed E-state index contributed by atoms with van der Waals surface area (Å²) >= 11 is 5.51. The number of alkyl carbamates (subject to hydrolysis) is 1. The third kappa shape index (κ3) is 7.48. The van der Waals surface area contributed by atoms with Crippen molar-refractivity contribution in [2.75, 3.05) is 6.79 Å². The number of nitrogens with one attached hydrogen (secondary N) is 1. The van der Waals surface area contributed by atoms with Gasteiger partial charge < -0.3 is 19.9 Å². The van der Waals surface area contributed by atoms with E-state index in [4.69, 9.17) is 21.7 Å². The van der Waals surface area contributed by atoms with Crippen molar-refractivity contribution < 1.29 is 19.4 Å². The minimum Gasteiger partial charge on any atom is -0.459 e. The van der Waals surface area contributed by atoms with Gasteiger partial charge in [-0.05, 0) is 57.0 Å². The monoisotopic (exact) mass is 415 g/mol. The van der Waals surface area contributed by atoms with E-state index in [2.05, 4.69) is 5.32 Å². The zero-order chi connectivity index (χ0) is 21.3. The molecule has 0 radical (unpaired) electrons. The van der Waals surface area contributed by atoms with Gasteiger partial charge in [-0.25, -0.2) is 4.79 Å². The van der Waals surface area contributed by atoms with Crippen molar-refractivity contribution in [2.45, 2.75) is 51.2 Å². The number of aryl methyl sites for hydroxylation is 1. The van der Waals surface area contributed by atoms with Gasteiger partial charge >= 0.3 is 6.09 Å². The van der Waals surface area contributed by atoms with Crippen LogP contribution in [0.4, 0.5) is 4.79 Å². The molecule has 0 aliphatic rings. The molecule has 0 heterocycles. The lowest BCUT2D eigenvalue weighted by Crippen LogP contribution is -2.57. The van der Waals surface area contributed by atoms with Crippen molar-refractivity contribution in [2.24, 2.45) is 0 Å². The summed E-state index contributed by atoms with van der Waals surface area (Å²) in [6, 6.07) is 19.7. The predicted octanol–water partition coefficient (Wildman–Crippen LogP) is 4.42. The SMILES string of the molecule is CC(C)(C)OC(=O)NC(CCc1ccccc1)(Cc1ccccc1)C(=S)OCO. The van der Waals surface area contributed by atoms with Crippen LogP contribution in [0.3, 0.4) is 0 Å². The number of rotatable bonds is 8. The highest BCUT2D eigenvalue weighted by molar-refractivity contribution is 7.80. The van der Waals surface area contributed by atoms with Crippen LogP contribution in [0.1, 0.15) is 38.3 Å². The van der Waals surface area contributed by atoms with Crippen LogP contribution in [0.15, 0.2) is 60.7 Å². The molecule has 0 saturated heterocycles. The molecule has 0 aliphatic heterocycles. The number of carbonyl (C=O) groups excluding carboxylic acids is 1. The first kappa shape index (κ1) is 22.8. The van der Waals surface area contributed by atoms with E-state index in [1.54, 1.807) is 20.8 Å². The molecule has 6 heteroatoms. The summed E-state index contributed by atoms with van der Waals surface area (Å²) in [5.74, 6) is 0. The highest BCUT2D eigenvalue weighted by Crippen LogP contribution is 2.24. The van der Waals surface area contributed by atoms with Gasteiger partial charge in [-0.3, -0.25) is 0 Å². The molecule has 156 valence electrons. The lowest BCUT2D eigenvalue weighted by molar-refractivity contribution is 0.0435. The minimum atomic E-state index is -1.02. The standard InChI is InChI=1S/C23H29NO4S/c1-22(2,3)28-21(26)24-23(20(29)27-17-25,16-19-12-8-5-9-13-19)15-14-18-10-6-4-7-11-18/h4-13,25H,14-17H2,1-3H3,(H,24,26). The van der Waals surface area contributed by atoms with E-state index in [-0.39, 0.29) is 5.05 Å². The number of hydrogen-bond donors (Lipinski definition) is 2. The van der Waals surface area contributed by atoms with Crippen molar-refractivity contribution in [3.63, 3.8) is 0 Å². The number of aliphatic hydroxyl groups excluding tert-OH is 1. The van der Waals surface area contributed by atoms with Gasteiger partial charge in [0.2, 0.25) is 0 Å². The largest absolute Gasteiger partial charge is 0.459 e. The van der Waals surface area contributed by atoms with Gasteiger partial charge in [0.05, 0.1) is 0 Å². The van der Waals surface area contributed by atoms with Gasteiger partial charge in [-0.15, -0.1) is 0 Å². The topological polar surface area (TPSA) is 67.8 Å². The summed E-state index contributed by atoms with van der Waals surface area (Å²) in [5.41, 5.74) is 0.433. The van der Waals surface area contributed by atoms with Crippen molar-refractivity contribution in [1.29, 1.82) is 0 Å². The smallest absolute Gasteiger partial charge is 0.408 e. The number of ether oxygens (including phenoxy) is 2. The second-order valence-electron chi connectivity index (χ2n) is 7.92. The Balaban J connectivity index is 2.35. The number of hydrogen-bond acceptors (Lipinski definition) is 5. The maximum Gasteiger partial charge on any atom is 0.408 e. The fraction of sp³-hybridized carbons (Fsp3) is 0.391. The van der Waals surface area contributed by atoms with Crippen LogP contribution in [0, 0.1) is 0 Å². The number of carbonyl (C=O) groups is 1. The minimum absolute atomic E-state index is 0.130. The van der Waals surface area contributed by atoms with Crippen LogP contribution in [0.25, 0.3) is 0 Å². The summed E-state index contributed by atoms with van der Waals surface area (Å²) in [7, 11) is 0. The Bertz CT molecular complexity index is 790. The van der Waals surface area contributed by atoms with Gasteiger partial charge in [0.15, 0.2) is 11.8 Å². The molecule has 0 aliphatic carbocycles. The van der Waals surface area contributed by atoms with Gasteiger partial charge in [0.1, 0.15) is 11.1 Å². The van der Waals surface area contributed by atoms with E-state index in [9.17, 15) is 9.90 Å². The maximum absolute atomic E-state index is 12.7. The molecule has 2 N–H and O–H groups in total. The quantitative estimate of drug-likeness (QED) is 0.493. The zero-order valence-electron chi connectivity index (χ0n) is 17.2. The molecule has 0 aromatic heterocycles. The van der Waals surface area contributed by atoms with Crippen LogP contribution in [-0.4, -0.2) is 34.2 Å². The number of aliphatic hydroxyl groups is 1. The summed E-state index contributed by atoms with van der Waals surface area (Å²) < 4.78 is 10.8. The van der Waals surface area contributed by atoms with Crippen molar-refractivity contribution in [3.8, 4) is 0 Å². The lowest BCUT2D eigenvalue weighted by atomic mass is 9.85. The molecule has 2 rings (SSSR count). The maximum atomic E-state index is 12.7. The van der Waals surface area contributed by atoms with Crippen LogP contribution < -0.4 is 5.32 Å². The predicted molar refractivity (Wildman–Crippen MR) is 118 cm³/mol. The molecular formula is C23H29NO4S. The Morgan fingerprint density at radius 2 is 1.55 bits per heavy atom. The van der Waals surface area contributed by atoms with E-state index < -0.39 is 24.0 Å². The van der Waals surface area contributed by atoms with Gasteiger partial charge in [-0.2, -0.15) is 0 Å². The Morgan fingerprint density at radius 3 is 2.07 bits per heavy atom. The molecule has 1 unspecified atom stereocenters. The van der Waals surface area contributed by atoms with E-state index in [1.807, 2.05) is 60.7 Å². The first-order chi connectivity index (χ1) is 13.7. The van der Waals surface area contributed by atoms with Gasteiger partial charge in [0.25, 0.3) is 0 Å². The molecule has 1 atom stereocenters. The van der Waals surface area contributed by atoms with Gasteiger partial charge in [0, 0.05) is 6.42 Å². The summed E-state index contributed by atoms with van der Waals surface area (Å²) in [4.78, 5) is 12.7. The summed E-state index contributed by atoms with van der Waals surface area (Å²) in [6.45, 7) is 4.85. The fourth-order valence-electron chi connectivity index (χ4n) is 3.06. The van der Waals surface area contributed by atoms with Gasteiger partial charge in [-0.1, -0.05) is 60.7 Å². The molecular weight excluding hydrogens is 386 g/mol. The number of amides is 1. The molecule has 2 aromatic carbocycles. The first-order valence-corrected chi connectivity index (χ1v) is 10.0. The Kier molecular flexibility index (Phi) is 8.17. The lowest BCUT2D eigenvalue weighted by Gasteiger charge is -2.35. The van der Waals surface area contributed by atoms with E-state index in [0.29, 0.717) is 19.3 Å². The van der Waals surface area contributed by atoms with Crippen molar-refractivity contribution in [3.05, 3.63) is 71.8 Å². The second kappa shape index (κ2) is 10.4. The molecule has 0 spiro atoms. The van der Waals surface area contributed by atoms with Crippen molar-refractivity contribution in [1.82, 2.24) is 5.32 Å². The van der Waals surface area contributed by atoms with Crippen LogP contribution >= 0.6 is 12.2 Å². The van der Waals surface area contributed by atoms with Crippen LogP contribution in [0.5, 0.6) is 0 Å². The third-order valence-corrected chi connectivity index (χ3v) is 4.87. The normalized spacial score (nSPS) is 13.2. The third-order valence-electron chi connectivity index (χ3n) is 4.36. The highest BCUT2D eigenvalue weighted by Gasteiger charge is 2.39. The summed E-state index contributed by atoms with van der Waals surface area (Å²) in [6.07, 6.45) is 0.992. The molecule has 0 saturated carbocycles. The second-order valence-corrected chi connectivity index (χ2v) is 8.29.